The molecule has 7 heteroatoms. The van der Waals surface area contributed by atoms with Gasteiger partial charge >= 0.3 is 0 Å². The fourth-order valence-corrected chi connectivity index (χ4v) is 2.53. The van der Waals surface area contributed by atoms with Crippen LogP contribution in [0, 0.1) is 0 Å². The van der Waals surface area contributed by atoms with Crippen molar-refractivity contribution in [1.29, 1.82) is 0 Å². The van der Waals surface area contributed by atoms with E-state index in [1.54, 1.807) is 30.3 Å². The van der Waals surface area contributed by atoms with Gasteiger partial charge in [0.05, 0.1) is 16.1 Å². The Morgan fingerprint density at radius 2 is 1.83 bits per heavy atom. The Labute approximate surface area is 143 Å². The molecule has 2 aromatic rings. The summed E-state index contributed by atoms with van der Waals surface area (Å²) in [7, 11) is 1.42. The maximum Gasteiger partial charge on any atom is 0.262 e. The molecule has 0 saturated heterocycles. The van der Waals surface area contributed by atoms with Crippen molar-refractivity contribution in [1.82, 2.24) is 4.90 Å². The molecule has 3 rings (SSSR count). The van der Waals surface area contributed by atoms with Gasteiger partial charge in [-0.1, -0.05) is 23.7 Å². The quantitative estimate of drug-likeness (QED) is 0.865. The number of hydrogen-bond acceptors (Lipinski definition) is 4. The number of nitrogens with zero attached hydrogens (tertiary/aromatic N) is 1. The van der Waals surface area contributed by atoms with E-state index in [1.165, 1.54) is 19.2 Å². The third kappa shape index (κ3) is 2.96. The minimum Gasteiger partial charge on any atom is -0.482 e. The summed E-state index contributed by atoms with van der Waals surface area (Å²) in [6, 6.07) is 11.4. The molecule has 24 heavy (non-hydrogen) atoms. The normalized spacial score (nSPS) is 13.0. The molecule has 0 bridgehead atoms. The maximum absolute atomic E-state index is 12.0. The van der Waals surface area contributed by atoms with Crippen LogP contribution < -0.4 is 10.1 Å². The summed E-state index contributed by atoms with van der Waals surface area (Å²) in [4.78, 5) is 36.8. The molecule has 0 spiro atoms. The van der Waals surface area contributed by atoms with Crippen LogP contribution in [0.4, 0.5) is 5.69 Å². The van der Waals surface area contributed by atoms with E-state index >= 15 is 0 Å². The van der Waals surface area contributed by atoms with Crippen LogP contribution in [0.25, 0.3) is 0 Å². The Bertz CT molecular complexity index is 850. The lowest BCUT2D eigenvalue weighted by Crippen LogP contribution is -2.24. The topological polar surface area (TPSA) is 75.7 Å². The molecule has 0 unspecified atom stereocenters. The summed E-state index contributed by atoms with van der Waals surface area (Å²) < 4.78 is 5.35. The van der Waals surface area contributed by atoms with Crippen molar-refractivity contribution in [2.75, 3.05) is 19.0 Å². The highest BCUT2D eigenvalue weighted by Gasteiger charge is 2.32. The van der Waals surface area contributed by atoms with E-state index in [9.17, 15) is 14.4 Å². The second-order valence-corrected chi connectivity index (χ2v) is 5.60. The molecular formula is C17H13ClN2O4. The number of imide groups is 1. The SMILES string of the molecule is CN1C(=O)c2ccc(NC(=O)COc3ccccc3Cl)cc2C1=O. The average molecular weight is 345 g/mol. The molecule has 0 saturated carbocycles. The van der Waals surface area contributed by atoms with E-state index in [2.05, 4.69) is 5.32 Å². The number of rotatable bonds is 4. The number of hydrogen-bond donors (Lipinski definition) is 1. The highest BCUT2D eigenvalue weighted by Crippen LogP contribution is 2.25. The van der Waals surface area contributed by atoms with Crippen molar-refractivity contribution in [3.63, 3.8) is 0 Å². The average Bonchev–Trinajstić information content (AvgIpc) is 2.78. The van der Waals surface area contributed by atoms with Gasteiger partial charge in [0.2, 0.25) is 0 Å². The van der Waals surface area contributed by atoms with Crippen LogP contribution in [0.15, 0.2) is 42.5 Å². The first-order valence-corrected chi connectivity index (χ1v) is 7.49. The smallest absolute Gasteiger partial charge is 0.262 e. The summed E-state index contributed by atoms with van der Waals surface area (Å²) in [6.45, 7) is -0.229. The number of amides is 3. The number of carbonyl (C=O) groups excluding carboxylic acids is 3. The predicted octanol–water partition coefficient (Wildman–Crippen LogP) is 2.58. The second kappa shape index (κ2) is 6.33. The van der Waals surface area contributed by atoms with Crippen molar-refractivity contribution in [2.24, 2.45) is 0 Å². The number of ether oxygens (including phenoxy) is 1. The zero-order chi connectivity index (χ0) is 17.3. The third-order valence-electron chi connectivity index (χ3n) is 3.57. The van der Waals surface area contributed by atoms with E-state index in [1.807, 2.05) is 0 Å². The van der Waals surface area contributed by atoms with Gasteiger partial charge in [0.15, 0.2) is 6.61 Å². The van der Waals surface area contributed by atoms with Crippen molar-refractivity contribution in [3.05, 3.63) is 58.6 Å². The van der Waals surface area contributed by atoms with E-state index in [-0.39, 0.29) is 18.1 Å². The number of fused-ring (bicyclic) bond motifs is 1. The lowest BCUT2D eigenvalue weighted by atomic mass is 10.1. The molecule has 0 radical (unpaired) electrons. The zero-order valence-electron chi connectivity index (χ0n) is 12.7. The summed E-state index contributed by atoms with van der Waals surface area (Å²) in [5.74, 6) is -0.737. The van der Waals surface area contributed by atoms with Crippen molar-refractivity contribution < 1.29 is 19.1 Å². The first kappa shape index (κ1) is 16.0. The number of anilines is 1. The Kier molecular flexibility index (Phi) is 4.22. The lowest BCUT2D eigenvalue weighted by Gasteiger charge is -2.09. The minimum absolute atomic E-state index is 0.229. The van der Waals surface area contributed by atoms with Crippen LogP contribution in [0.1, 0.15) is 20.7 Å². The second-order valence-electron chi connectivity index (χ2n) is 5.20. The van der Waals surface area contributed by atoms with Gasteiger partial charge in [-0.25, -0.2) is 0 Å². The van der Waals surface area contributed by atoms with Gasteiger partial charge in [0, 0.05) is 12.7 Å². The van der Waals surface area contributed by atoms with E-state index in [0.717, 1.165) is 4.90 Å². The maximum atomic E-state index is 12.0. The number of halogens is 1. The van der Waals surface area contributed by atoms with Crippen LogP contribution in [0.5, 0.6) is 5.75 Å². The lowest BCUT2D eigenvalue weighted by molar-refractivity contribution is -0.118. The van der Waals surface area contributed by atoms with Crippen LogP contribution in [-0.4, -0.2) is 36.3 Å². The standard InChI is InChI=1S/C17H13ClN2O4/c1-20-16(22)11-7-6-10(8-12(11)17(20)23)19-15(21)9-24-14-5-3-2-4-13(14)18/h2-8H,9H2,1H3,(H,19,21). The van der Waals surface area contributed by atoms with Gasteiger partial charge < -0.3 is 10.1 Å². The number of benzene rings is 2. The highest BCUT2D eigenvalue weighted by atomic mass is 35.5. The molecule has 0 aromatic heterocycles. The third-order valence-corrected chi connectivity index (χ3v) is 3.88. The van der Waals surface area contributed by atoms with Gasteiger partial charge in [-0.15, -0.1) is 0 Å². The number of nitrogens with one attached hydrogen (secondary N) is 1. The monoisotopic (exact) mass is 344 g/mol. The molecule has 1 aliphatic heterocycles. The highest BCUT2D eigenvalue weighted by molar-refractivity contribution is 6.32. The predicted molar refractivity (Wildman–Crippen MR) is 88.4 cm³/mol. The number of para-hydroxylation sites is 1. The Balaban J connectivity index is 1.67. The summed E-state index contributed by atoms with van der Waals surface area (Å²) in [5, 5.41) is 3.03. The first-order valence-electron chi connectivity index (χ1n) is 7.11. The van der Waals surface area contributed by atoms with E-state index in [4.69, 9.17) is 16.3 Å². The fourth-order valence-electron chi connectivity index (χ4n) is 2.34. The van der Waals surface area contributed by atoms with E-state index in [0.29, 0.717) is 22.0 Å². The van der Waals surface area contributed by atoms with E-state index < -0.39 is 11.8 Å². The van der Waals surface area contributed by atoms with Crippen LogP contribution >= 0.6 is 11.6 Å². The summed E-state index contributed by atoms with van der Waals surface area (Å²) >= 11 is 5.94. The van der Waals surface area contributed by atoms with Gasteiger partial charge in [-0.3, -0.25) is 19.3 Å². The molecule has 6 nitrogen and oxygen atoms in total. The zero-order valence-corrected chi connectivity index (χ0v) is 13.5. The summed E-state index contributed by atoms with van der Waals surface area (Å²) in [5.41, 5.74) is 1.01. The molecule has 0 atom stereocenters. The summed E-state index contributed by atoms with van der Waals surface area (Å²) in [6.07, 6.45) is 0. The fraction of sp³-hybridized carbons (Fsp3) is 0.118. The molecule has 1 aliphatic rings. The molecular weight excluding hydrogens is 332 g/mol. The van der Waals surface area contributed by atoms with Crippen LogP contribution in [-0.2, 0) is 4.79 Å². The Morgan fingerprint density at radius 1 is 1.12 bits per heavy atom. The minimum atomic E-state index is -0.403. The van der Waals surface area contributed by atoms with Crippen LogP contribution in [0.3, 0.4) is 0 Å². The van der Waals surface area contributed by atoms with Crippen molar-refractivity contribution >= 4 is 35.0 Å². The van der Waals surface area contributed by atoms with Gasteiger partial charge in [-0.2, -0.15) is 0 Å². The number of carbonyl (C=O) groups is 3. The molecule has 1 heterocycles. The van der Waals surface area contributed by atoms with Crippen molar-refractivity contribution in [3.8, 4) is 5.75 Å². The molecule has 122 valence electrons. The largest absolute Gasteiger partial charge is 0.482 e. The van der Waals surface area contributed by atoms with Crippen molar-refractivity contribution in [2.45, 2.75) is 0 Å². The molecule has 0 aliphatic carbocycles. The van der Waals surface area contributed by atoms with Gasteiger partial charge in [0.1, 0.15) is 5.75 Å². The van der Waals surface area contributed by atoms with Gasteiger partial charge in [-0.05, 0) is 30.3 Å². The van der Waals surface area contributed by atoms with Gasteiger partial charge in [0.25, 0.3) is 17.7 Å². The van der Waals surface area contributed by atoms with Crippen LogP contribution in [0.2, 0.25) is 5.02 Å². The molecule has 1 N–H and O–H groups in total. The first-order chi connectivity index (χ1) is 11.5. The Morgan fingerprint density at radius 3 is 2.58 bits per heavy atom. The molecule has 3 amide bonds. The molecule has 0 fully saturated rings. The molecule has 2 aromatic carbocycles. The Hall–Kier alpha value is -2.86.